The van der Waals surface area contributed by atoms with E-state index in [1.165, 1.54) is 11.1 Å². The summed E-state index contributed by atoms with van der Waals surface area (Å²) in [4.78, 5) is 0. The van der Waals surface area contributed by atoms with Crippen LogP contribution in [0.3, 0.4) is 0 Å². The van der Waals surface area contributed by atoms with E-state index in [0.717, 1.165) is 23.2 Å². The van der Waals surface area contributed by atoms with Gasteiger partial charge in [-0.1, -0.05) is 53.2 Å². The van der Waals surface area contributed by atoms with Gasteiger partial charge in [0.15, 0.2) is 0 Å². The normalized spacial score (nSPS) is 12.2. The van der Waals surface area contributed by atoms with Crippen molar-refractivity contribution >= 4 is 15.9 Å². The second-order valence-electron chi connectivity index (χ2n) is 4.68. The Morgan fingerprint density at radius 2 is 1.95 bits per heavy atom. The van der Waals surface area contributed by atoms with E-state index in [2.05, 4.69) is 64.6 Å². The Hall–Kier alpha value is -1.32. The molecule has 0 amide bonds. The van der Waals surface area contributed by atoms with E-state index in [4.69, 9.17) is 4.74 Å². The van der Waals surface area contributed by atoms with Gasteiger partial charge in [-0.15, -0.1) is 0 Å². The molecule has 3 heteroatoms. The molecule has 20 heavy (non-hydrogen) atoms. The number of rotatable bonds is 6. The van der Waals surface area contributed by atoms with Gasteiger partial charge in [-0.05, 0) is 42.3 Å². The summed E-state index contributed by atoms with van der Waals surface area (Å²) in [6.07, 6.45) is 0.911. The molecule has 2 rings (SSSR count). The van der Waals surface area contributed by atoms with Gasteiger partial charge in [0.25, 0.3) is 0 Å². The monoisotopic (exact) mass is 333 g/mol. The van der Waals surface area contributed by atoms with Crippen molar-refractivity contribution in [3.63, 3.8) is 0 Å². The fraction of sp³-hybridized carbons (Fsp3) is 0.294. The predicted molar refractivity (Wildman–Crippen MR) is 87.3 cm³/mol. The van der Waals surface area contributed by atoms with Gasteiger partial charge < -0.3 is 10.1 Å². The summed E-state index contributed by atoms with van der Waals surface area (Å²) in [5.41, 5.74) is 2.51. The van der Waals surface area contributed by atoms with Crippen molar-refractivity contribution in [1.29, 1.82) is 0 Å². The minimum Gasteiger partial charge on any atom is -0.496 e. The third-order valence-corrected chi connectivity index (χ3v) is 3.81. The molecule has 106 valence electrons. The van der Waals surface area contributed by atoms with Crippen molar-refractivity contribution in [2.24, 2.45) is 0 Å². The average molecular weight is 334 g/mol. The minimum atomic E-state index is 0.286. The van der Waals surface area contributed by atoms with E-state index in [1.54, 1.807) is 7.11 Å². The highest BCUT2D eigenvalue weighted by Crippen LogP contribution is 2.26. The molecule has 2 aromatic rings. The Bertz CT molecular complexity index is 556. The molecular formula is C17H20BrNO. The SMILES string of the molecule is CCNC(Cc1ccccc1OC)c1cccc(Br)c1. The first kappa shape index (κ1) is 15.1. The summed E-state index contributed by atoms with van der Waals surface area (Å²) in [6, 6.07) is 16.9. The van der Waals surface area contributed by atoms with E-state index in [9.17, 15) is 0 Å². The van der Waals surface area contributed by atoms with Gasteiger partial charge in [-0.25, -0.2) is 0 Å². The molecule has 0 aromatic heterocycles. The molecule has 0 spiro atoms. The van der Waals surface area contributed by atoms with Gasteiger partial charge >= 0.3 is 0 Å². The quantitative estimate of drug-likeness (QED) is 0.848. The Morgan fingerprint density at radius 1 is 1.15 bits per heavy atom. The molecule has 0 bridgehead atoms. The molecular weight excluding hydrogens is 314 g/mol. The molecule has 0 aliphatic rings. The summed E-state index contributed by atoms with van der Waals surface area (Å²) in [6.45, 7) is 3.07. The molecule has 0 saturated carbocycles. The first-order valence-electron chi connectivity index (χ1n) is 6.85. The van der Waals surface area contributed by atoms with Crippen LogP contribution in [0, 0.1) is 0 Å². The van der Waals surface area contributed by atoms with E-state index < -0.39 is 0 Å². The largest absolute Gasteiger partial charge is 0.496 e. The molecule has 0 radical (unpaired) electrons. The Balaban J connectivity index is 2.25. The van der Waals surface area contributed by atoms with Crippen LogP contribution in [0.25, 0.3) is 0 Å². The van der Waals surface area contributed by atoms with E-state index >= 15 is 0 Å². The highest BCUT2D eigenvalue weighted by molar-refractivity contribution is 9.10. The lowest BCUT2D eigenvalue weighted by Crippen LogP contribution is -2.23. The van der Waals surface area contributed by atoms with Crippen LogP contribution in [-0.4, -0.2) is 13.7 Å². The number of methoxy groups -OCH3 is 1. The maximum absolute atomic E-state index is 5.45. The highest BCUT2D eigenvalue weighted by atomic mass is 79.9. The Labute approximate surface area is 129 Å². The van der Waals surface area contributed by atoms with Crippen LogP contribution in [0.5, 0.6) is 5.75 Å². The zero-order chi connectivity index (χ0) is 14.4. The van der Waals surface area contributed by atoms with Gasteiger partial charge in [-0.3, -0.25) is 0 Å². The summed E-state index contributed by atoms with van der Waals surface area (Å²) < 4.78 is 6.56. The van der Waals surface area contributed by atoms with Crippen LogP contribution < -0.4 is 10.1 Å². The van der Waals surface area contributed by atoms with Gasteiger partial charge in [0.2, 0.25) is 0 Å². The van der Waals surface area contributed by atoms with E-state index in [1.807, 2.05) is 12.1 Å². The summed E-state index contributed by atoms with van der Waals surface area (Å²) in [5.74, 6) is 0.949. The lowest BCUT2D eigenvalue weighted by Gasteiger charge is -2.20. The summed E-state index contributed by atoms with van der Waals surface area (Å²) in [7, 11) is 1.72. The van der Waals surface area contributed by atoms with Crippen molar-refractivity contribution in [1.82, 2.24) is 5.32 Å². The number of hydrogen-bond donors (Lipinski definition) is 1. The number of hydrogen-bond acceptors (Lipinski definition) is 2. The van der Waals surface area contributed by atoms with Crippen molar-refractivity contribution in [3.8, 4) is 5.75 Å². The van der Waals surface area contributed by atoms with Crippen molar-refractivity contribution in [2.45, 2.75) is 19.4 Å². The Morgan fingerprint density at radius 3 is 2.65 bits per heavy atom. The summed E-state index contributed by atoms with van der Waals surface area (Å²) >= 11 is 3.54. The molecule has 1 atom stereocenters. The molecule has 0 heterocycles. The van der Waals surface area contributed by atoms with Crippen LogP contribution in [0.15, 0.2) is 53.0 Å². The molecule has 0 aliphatic heterocycles. The van der Waals surface area contributed by atoms with Crippen molar-refractivity contribution < 1.29 is 4.74 Å². The number of ether oxygens (including phenoxy) is 1. The standard InChI is InChI=1S/C17H20BrNO/c1-3-19-16(13-8-6-9-15(18)11-13)12-14-7-4-5-10-17(14)20-2/h4-11,16,19H,3,12H2,1-2H3. The highest BCUT2D eigenvalue weighted by Gasteiger charge is 2.13. The second-order valence-corrected chi connectivity index (χ2v) is 5.60. The van der Waals surface area contributed by atoms with E-state index in [-0.39, 0.29) is 6.04 Å². The third-order valence-electron chi connectivity index (χ3n) is 3.32. The first-order chi connectivity index (χ1) is 9.74. The van der Waals surface area contributed by atoms with Gasteiger partial charge in [0.1, 0.15) is 5.75 Å². The maximum Gasteiger partial charge on any atom is 0.122 e. The smallest absolute Gasteiger partial charge is 0.122 e. The van der Waals surface area contributed by atoms with Crippen LogP contribution >= 0.6 is 15.9 Å². The van der Waals surface area contributed by atoms with Gasteiger partial charge in [0, 0.05) is 10.5 Å². The lowest BCUT2D eigenvalue weighted by atomic mass is 9.98. The molecule has 2 nitrogen and oxygen atoms in total. The average Bonchev–Trinajstić information content (AvgIpc) is 2.47. The molecule has 0 saturated heterocycles. The Kier molecular flexibility index (Phi) is 5.62. The van der Waals surface area contributed by atoms with Crippen LogP contribution in [-0.2, 0) is 6.42 Å². The van der Waals surface area contributed by atoms with Gasteiger partial charge in [0.05, 0.1) is 7.11 Å². The molecule has 2 aromatic carbocycles. The topological polar surface area (TPSA) is 21.3 Å². The predicted octanol–water partition coefficient (Wildman–Crippen LogP) is 4.35. The molecule has 0 fully saturated rings. The molecule has 1 N–H and O–H groups in total. The number of para-hydroxylation sites is 1. The number of nitrogens with one attached hydrogen (secondary N) is 1. The second kappa shape index (κ2) is 7.46. The zero-order valence-electron chi connectivity index (χ0n) is 11.9. The summed E-state index contributed by atoms with van der Waals surface area (Å²) in [5, 5.41) is 3.55. The van der Waals surface area contributed by atoms with Crippen LogP contribution in [0.2, 0.25) is 0 Å². The van der Waals surface area contributed by atoms with Crippen molar-refractivity contribution in [2.75, 3.05) is 13.7 Å². The molecule has 0 aliphatic carbocycles. The van der Waals surface area contributed by atoms with Crippen molar-refractivity contribution in [3.05, 3.63) is 64.1 Å². The molecule has 1 unspecified atom stereocenters. The van der Waals surface area contributed by atoms with Crippen LogP contribution in [0.1, 0.15) is 24.1 Å². The lowest BCUT2D eigenvalue weighted by molar-refractivity contribution is 0.405. The number of likely N-dealkylation sites (N-methyl/N-ethyl adjacent to an activating group) is 1. The fourth-order valence-electron chi connectivity index (χ4n) is 2.37. The third kappa shape index (κ3) is 3.84. The minimum absolute atomic E-state index is 0.286. The van der Waals surface area contributed by atoms with E-state index in [0.29, 0.717) is 0 Å². The number of halogens is 1. The van der Waals surface area contributed by atoms with Gasteiger partial charge in [-0.2, -0.15) is 0 Å². The maximum atomic E-state index is 5.45. The fourth-order valence-corrected chi connectivity index (χ4v) is 2.79. The number of benzene rings is 2. The zero-order valence-corrected chi connectivity index (χ0v) is 13.5. The first-order valence-corrected chi connectivity index (χ1v) is 7.64. The van der Waals surface area contributed by atoms with Crippen LogP contribution in [0.4, 0.5) is 0 Å².